The number of nitrogens with zero attached hydrogens (tertiary/aromatic N) is 1. The molecule has 2 amide bonds. The van der Waals surface area contributed by atoms with E-state index in [9.17, 15) is 22.8 Å². The van der Waals surface area contributed by atoms with Crippen LogP contribution in [0.4, 0.5) is 0 Å². The first-order valence-electron chi connectivity index (χ1n) is 11.0. The van der Waals surface area contributed by atoms with Crippen LogP contribution >= 0.6 is 0 Å². The number of carbonyl (C=O) groups is 3. The molecule has 0 bridgehead atoms. The van der Waals surface area contributed by atoms with E-state index in [0.717, 1.165) is 0 Å². The first kappa shape index (κ1) is 23.9. The Morgan fingerprint density at radius 1 is 1.29 bits per heavy atom. The molecular weight excluding hydrogens is 418 g/mol. The van der Waals surface area contributed by atoms with Crippen LogP contribution in [0.2, 0.25) is 0 Å². The molecule has 174 valence electrons. The van der Waals surface area contributed by atoms with Gasteiger partial charge in [0, 0.05) is 24.9 Å². The SMILES string of the molecule is C=C[C@@H]1C[C@]1(CC(=O)[C@@H]1C[C@@H](N)CN1C(=O)[C@@H](C)C(C)(C)C)C(=O)NS(=O)(=O)C1CC1. The molecular formula is C22H35N3O5S. The Morgan fingerprint density at radius 3 is 2.39 bits per heavy atom. The molecule has 3 rings (SSSR count). The third kappa shape index (κ3) is 4.72. The first-order chi connectivity index (χ1) is 14.2. The fraction of sp³-hybridized carbons (Fsp3) is 0.773. The van der Waals surface area contributed by atoms with E-state index in [1.807, 2.05) is 27.7 Å². The molecule has 0 unspecified atom stereocenters. The van der Waals surface area contributed by atoms with Crippen molar-refractivity contribution in [3.05, 3.63) is 12.7 Å². The Balaban J connectivity index is 1.76. The minimum atomic E-state index is -3.71. The number of carbonyl (C=O) groups excluding carboxylic acids is 3. The Hall–Kier alpha value is -1.74. The Kier molecular flexibility index (Phi) is 6.17. The number of allylic oxidation sites excluding steroid dienone is 1. The second kappa shape index (κ2) is 7.99. The summed E-state index contributed by atoms with van der Waals surface area (Å²) in [5.41, 5.74) is 4.72. The highest BCUT2D eigenvalue weighted by Crippen LogP contribution is 2.57. The molecule has 31 heavy (non-hydrogen) atoms. The summed E-state index contributed by atoms with van der Waals surface area (Å²) in [6, 6.07) is -0.998. The molecule has 0 spiro atoms. The summed E-state index contributed by atoms with van der Waals surface area (Å²) in [6.07, 6.45) is 3.28. The number of Topliss-reactive ketones (excluding diaryl/α,β-unsaturated/α-hetero) is 1. The molecule has 2 aliphatic carbocycles. The van der Waals surface area contributed by atoms with Crippen LogP contribution in [0.15, 0.2) is 12.7 Å². The van der Waals surface area contributed by atoms with Gasteiger partial charge in [-0.15, -0.1) is 6.58 Å². The monoisotopic (exact) mass is 453 g/mol. The average Bonchev–Trinajstić information content (AvgIpc) is 3.57. The fourth-order valence-electron chi connectivity index (χ4n) is 4.34. The highest BCUT2D eigenvalue weighted by atomic mass is 32.2. The van der Waals surface area contributed by atoms with Gasteiger partial charge >= 0.3 is 0 Å². The molecule has 5 atom stereocenters. The molecule has 1 aliphatic heterocycles. The third-order valence-electron chi connectivity index (χ3n) is 7.22. The van der Waals surface area contributed by atoms with Crippen LogP contribution < -0.4 is 10.5 Å². The lowest BCUT2D eigenvalue weighted by Crippen LogP contribution is -2.47. The van der Waals surface area contributed by atoms with Crippen LogP contribution in [0, 0.1) is 22.7 Å². The van der Waals surface area contributed by atoms with Crippen molar-refractivity contribution in [1.29, 1.82) is 0 Å². The highest BCUT2D eigenvalue weighted by Gasteiger charge is 2.61. The van der Waals surface area contributed by atoms with Crippen molar-refractivity contribution in [2.75, 3.05) is 6.54 Å². The summed E-state index contributed by atoms with van der Waals surface area (Å²) in [5, 5.41) is -0.523. The summed E-state index contributed by atoms with van der Waals surface area (Å²) in [6.45, 7) is 11.8. The second-order valence-corrected chi connectivity index (χ2v) is 12.6. The second-order valence-electron chi connectivity index (χ2n) is 10.6. The summed E-state index contributed by atoms with van der Waals surface area (Å²) in [4.78, 5) is 40.9. The van der Waals surface area contributed by atoms with Gasteiger partial charge in [-0.05, 0) is 37.0 Å². The van der Waals surface area contributed by atoms with Crippen LogP contribution in [-0.4, -0.2) is 54.8 Å². The summed E-state index contributed by atoms with van der Waals surface area (Å²) in [5.74, 6) is -1.56. The van der Waals surface area contributed by atoms with Crippen molar-refractivity contribution >= 4 is 27.6 Å². The number of nitrogens with one attached hydrogen (secondary N) is 1. The van der Waals surface area contributed by atoms with Gasteiger partial charge < -0.3 is 10.6 Å². The Labute approximate surface area is 185 Å². The number of hydrogen-bond donors (Lipinski definition) is 2. The van der Waals surface area contributed by atoms with Crippen molar-refractivity contribution in [3.8, 4) is 0 Å². The normalized spacial score (nSPS) is 31.8. The lowest BCUT2D eigenvalue weighted by Gasteiger charge is -2.33. The predicted octanol–water partition coefficient (Wildman–Crippen LogP) is 1.36. The molecule has 3 N–H and O–H groups in total. The van der Waals surface area contributed by atoms with Gasteiger partial charge in [0.1, 0.15) is 0 Å². The van der Waals surface area contributed by atoms with E-state index in [2.05, 4.69) is 11.3 Å². The van der Waals surface area contributed by atoms with Crippen LogP contribution in [0.25, 0.3) is 0 Å². The van der Waals surface area contributed by atoms with Gasteiger partial charge in [0.2, 0.25) is 21.8 Å². The zero-order valence-electron chi connectivity index (χ0n) is 18.9. The number of hydrogen-bond acceptors (Lipinski definition) is 6. The molecule has 1 heterocycles. The summed E-state index contributed by atoms with van der Waals surface area (Å²) < 4.78 is 26.7. The van der Waals surface area contributed by atoms with Crippen molar-refractivity contribution in [1.82, 2.24) is 9.62 Å². The molecule has 1 saturated heterocycles. The van der Waals surface area contributed by atoms with Crippen molar-refractivity contribution in [2.45, 2.75) is 77.1 Å². The fourth-order valence-corrected chi connectivity index (χ4v) is 5.73. The molecule has 3 aliphatic rings. The molecule has 0 aromatic heterocycles. The Bertz CT molecular complexity index is 889. The number of nitrogens with two attached hydrogens (primary N) is 1. The van der Waals surface area contributed by atoms with Crippen LogP contribution in [-0.2, 0) is 24.4 Å². The van der Waals surface area contributed by atoms with Crippen LogP contribution in [0.1, 0.15) is 59.8 Å². The van der Waals surface area contributed by atoms with E-state index >= 15 is 0 Å². The first-order valence-corrected chi connectivity index (χ1v) is 12.5. The average molecular weight is 454 g/mol. The smallest absolute Gasteiger partial charge is 0.240 e. The number of amides is 2. The minimum absolute atomic E-state index is 0.121. The van der Waals surface area contributed by atoms with Crippen molar-refractivity contribution in [3.63, 3.8) is 0 Å². The van der Waals surface area contributed by atoms with E-state index in [1.165, 1.54) is 0 Å². The lowest BCUT2D eigenvalue weighted by atomic mass is 9.81. The summed E-state index contributed by atoms with van der Waals surface area (Å²) in [7, 11) is -3.71. The lowest BCUT2D eigenvalue weighted by molar-refractivity contribution is -0.144. The molecule has 2 saturated carbocycles. The Morgan fingerprint density at radius 2 is 1.90 bits per heavy atom. The van der Waals surface area contributed by atoms with Gasteiger partial charge in [0.25, 0.3) is 0 Å². The minimum Gasteiger partial charge on any atom is -0.331 e. The maximum Gasteiger partial charge on any atom is 0.240 e. The van der Waals surface area contributed by atoms with Gasteiger partial charge in [0.05, 0.1) is 16.7 Å². The van der Waals surface area contributed by atoms with Crippen LogP contribution in [0.3, 0.4) is 0 Å². The predicted molar refractivity (Wildman–Crippen MR) is 117 cm³/mol. The standard InChI is InChI=1S/C22H35N3O5S/c1-6-14-10-22(14,20(28)24-31(29,30)16-7-8-16)11-18(26)17-9-15(23)12-25(17)19(27)13(2)21(3,4)5/h6,13-17H,1,7-12,23H2,2-5H3,(H,24,28)/t13-,14-,15-,17+,22-/m1/s1. The number of ketones is 1. The van der Waals surface area contributed by atoms with E-state index in [-0.39, 0.29) is 41.4 Å². The zero-order chi connectivity index (χ0) is 23.4. The van der Waals surface area contributed by atoms with E-state index in [1.54, 1.807) is 11.0 Å². The maximum atomic E-state index is 13.3. The maximum absolute atomic E-state index is 13.3. The number of rotatable bonds is 8. The topological polar surface area (TPSA) is 127 Å². The molecule has 9 heteroatoms. The number of likely N-dealkylation sites (tertiary alicyclic amines) is 1. The van der Waals surface area contributed by atoms with Gasteiger partial charge in [-0.25, -0.2) is 8.42 Å². The third-order valence-corrected chi connectivity index (χ3v) is 9.04. The largest absolute Gasteiger partial charge is 0.331 e. The highest BCUT2D eigenvalue weighted by molar-refractivity contribution is 7.90. The van der Waals surface area contributed by atoms with E-state index in [0.29, 0.717) is 32.2 Å². The van der Waals surface area contributed by atoms with Crippen molar-refractivity contribution < 1.29 is 22.8 Å². The van der Waals surface area contributed by atoms with Gasteiger partial charge in [-0.1, -0.05) is 33.8 Å². The van der Waals surface area contributed by atoms with E-state index in [4.69, 9.17) is 5.73 Å². The van der Waals surface area contributed by atoms with Crippen molar-refractivity contribution in [2.24, 2.45) is 28.4 Å². The van der Waals surface area contributed by atoms with Gasteiger partial charge in [0.15, 0.2) is 5.78 Å². The van der Waals surface area contributed by atoms with Gasteiger partial charge in [-0.3, -0.25) is 19.1 Å². The zero-order valence-corrected chi connectivity index (χ0v) is 19.7. The van der Waals surface area contributed by atoms with E-state index < -0.39 is 32.6 Å². The molecule has 3 fully saturated rings. The molecule has 0 aromatic carbocycles. The van der Waals surface area contributed by atoms with Crippen LogP contribution in [0.5, 0.6) is 0 Å². The molecule has 0 radical (unpaired) electrons. The summed E-state index contributed by atoms with van der Waals surface area (Å²) >= 11 is 0. The van der Waals surface area contributed by atoms with Gasteiger partial charge in [-0.2, -0.15) is 0 Å². The molecule has 8 nitrogen and oxygen atoms in total. The molecule has 0 aromatic rings. The number of sulfonamides is 1. The quantitative estimate of drug-likeness (QED) is 0.534.